The summed E-state index contributed by atoms with van der Waals surface area (Å²) in [6.07, 6.45) is 3.70. The maximum absolute atomic E-state index is 10.8. The highest BCUT2D eigenvalue weighted by Gasteiger charge is 2.23. The lowest BCUT2D eigenvalue weighted by Crippen LogP contribution is -2.32. The molecule has 0 unspecified atom stereocenters. The Morgan fingerprint density at radius 1 is 0.897 bits per heavy atom. The van der Waals surface area contributed by atoms with Gasteiger partial charge in [-0.3, -0.25) is 4.79 Å². The lowest BCUT2D eigenvalue weighted by Gasteiger charge is -2.30. The number of nitrogens with zero attached hydrogens (tertiary/aromatic N) is 3. The number of carbonyl (C=O) groups is 1. The number of unbranched alkanes of at least 4 members (excludes halogenated alkanes) is 1. The van der Waals surface area contributed by atoms with Crippen LogP contribution in [0.3, 0.4) is 0 Å². The second-order valence-corrected chi connectivity index (χ2v) is 7.36. The highest BCUT2D eigenvalue weighted by Crippen LogP contribution is 2.34. The number of rotatable bonds is 7. The number of hydrogen-bond acceptors (Lipinski definition) is 4. The van der Waals surface area contributed by atoms with Crippen molar-refractivity contribution < 1.29 is 9.90 Å². The number of aryl methyl sites for hydroxylation is 1. The van der Waals surface area contributed by atoms with E-state index in [0.717, 1.165) is 66.4 Å². The van der Waals surface area contributed by atoms with Crippen LogP contribution in [0.15, 0.2) is 60.7 Å². The van der Waals surface area contributed by atoms with Crippen LogP contribution in [0.4, 0.5) is 5.82 Å². The summed E-state index contributed by atoms with van der Waals surface area (Å²) in [5.41, 5.74) is 4.97. The molecule has 5 nitrogen and oxygen atoms in total. The second kappa shape index (κ2) is 8.86. The molecule has 1 aliphatic rings. The number of carboxylic acid groups (broad SMARTS) is 1. The van der Waals surface area contributed by atoms with Crippen molar-refractivity contribution in [1.82, 2.24) is 9.97 Å². The van der Waals surface area contributed by atoms with Crippen LogP contribution < -0.4 is 4.90 Å². The predicted octanol–water partition coefficient (Wildman–Crippen LogP) is 4.82. The van der Waals surface area contributed by atoms with E-state index in [-0.39, 0.29) is 6.42 Å². The van der Waals surface area contributed by atoms with Crippen molar-refractivity contribution >= 4 is 11.8 Å². The van der Waals surface area contributed by atoms with Crippen LogP contribution in [0.2, 0.25) is 0 Å². The van der Waals surface area contributed by atoms with Gasteiger partial charge >= 0.3 is 5.97 Å². The van der Waals surface area contributed by atoms with E-state index >= 15 is 0 Å². The van der Waals surface area contributed by atoms with Gasteiger partial charge in [-0.2, -0.15) is 0 Å². The maximum atomic E-state index is 10.8. The number of fused-ring (bicyclic) bond motifs is 1. The molecule has 0 fully saturated rings. The van der Waals surface area contributed by atoms with E-state index in [9.17, 15) is 4.79 Å². The van der Waals surface area contributed by atoms with Gasteiger partial charge in [-0.25, -0.2) is 9.97 Å². The minimum Gasteiger partial charge on any atom is -0.481 e. The standard InChI is InChI=1S/C24H25N3O2/c28-21(29)15-7-8-16-27-17-9-14-20-24(27)26-23(19-12-5-2-6-13-19)22(25-20)18-10-3-1-4-11-18/h1-6,10-13H,7-9,14-17H2,(H,28,29). The second-order valence-electron chi connectivity index (χ2n) is 7.36. The fraction of sp³-hybridized carbons (Fsp3) is 0.292. The van der Waals surface area contributed by atoms with Crippen LogP contribution in [0.25, 0.3) is 22.5 Å². The number of anilines is 1. The molecule has 1 N–H and O–H groups in total. The van der Waals surface area contributed by atoms with Crippen LogP contribution in [0.5, 0.6) is 0 Å². The monoisotopic (exact) mass is 387 g/mol. The zero-order valence-electron chi connectivity index (χ0n) is 16.4. The van der Waals surface area contributed by atoms with Gasteiger partial charge in [0.05, 0.1) is 17.1 Å². The normalized spacial score (nSPS) is 13.2. The summed E-state index contributed by atoms with van der Waals surface area (Å²) >= 11 is 0. The van der Waals surface area contributed by atoms with Crippen molar-refractivity contribution in [2.24, 2.45) is 0 Å². The first-order valence-electron chi connectivity index (χ1n) is 10.2. The van der Waals surface area contributed by atoms with E-state index in [1.807, 2.05) is 36.4 Å². The van der Waals surface area contributed by atoms with E-state index in [0.29, 0.717) is 6.42 Å². The summed E-state index contributed by atoms with van der Waals surface area (Å²) in [6.45, 7) is 1.75. The SMILES string of the molecule is O=C(O)CCCCN1CCCc2nc(-c3ccccc3)c(-c3ccccc3)nc21. The van der Waals surface area contributed by atoms with Gasteiger partial charge in [-0.05, 0) is 25.7 Å². The molecule has 0 atom stereocenters. The van der Waals surface area contributed by atoms with Gasteiger partial charge in [0.1, 0.15) is 0 Å². The molecule has 3 aromatic rings. The molecule has 0 aliphatic carbocycles. The highest BCUT2D eigenvalue weighted by atomic mass is 16.4. The molecule has 0 amide bonds. The number of benzene rings is 2. The Balaban J connectivity index is 1.71. The molecule has 0 radical (unpaired) electrons. The fourth-order valence-corrected chi connectivity index (χ4v) is 3.82. The molecule has 2 heterocycles. The summed E-state index contributed by atoms with van der Waals surface area (Å²) in [7, 11) is 0. The molecular weight excluding hydrogens is 362 g/mol. The van der Waals surface area contributed by atoms with Crippen molar-refractivity contribution in [3.63, 3.8) is 0 Å². The lowest BCUT2D eigenvalue weighted by molar-refractivity contribution is -0.137. The first-order chi connectivity index (χ1) is 14.2. The van der Waals surface area contributed by atoms with Gasteiger partial charge in [-0.1, -0.05) is 60.7 Å². The van der Waals surface area contributed by atoms with Gasteiger partial charge < -0.3 is 10.0 Å². The Bertz CT molecular complexity index is 974. The Labute approximate surface area is 171 Å². The molecular formula is C24H25N3O2. The molecule has 0 bridgehead atoms. The van der Waals surface area contributed by atoms with Gasteiger partial charge in [0.25, 0.3) is 0 Å². The van der Waals surface area contributed by atoms with Crippen LogP contribution in [-0.4, -0.2) is 34.1 Å². The molecule has 1 aromatic heterocycles. The van der Waals surface area contributed by atoms with Crippen LogP contribution >= 0.6 is 0 Å². The zero-order valence-corrected chi connectivity index (χ0v) is 16.4. The van der Waals surface area contributed by atoms with Gasteiger partial charge in [0, 0.05) is 30.6 Å². The molecule has 1 aliphatic heterocycles. The minimum atomic E-state index is -0.734. The minimum absolute atomic E-state index is 0.217. The number of aromatic nitrogens is 2. The number of carboxylic acids is 1. The van der Waals surface area contributed by atoms with Crippen molar-refractivity contribution in [2.45, 2.75) is 32.1 Å². The van der Waals surface area contributed by atoms with Crippen LogP contribution in [0, 0.1) is 0 Å². The number of aliphatic carboxylic acids is 1. The first-order valence-corrected chi connectivity index (χ1v) is 10.2. The Kier molecular flexibility index (Phi) is 5.84. The third-order valence-electron chi connectivity index (χ3n) is 5.25. The zero-order chi connectivity index (χ0) is 20.1. The van der Waals surface area contributed by atoms with E-state index in [1.165, 1.54) is 0 Å². The third kappa shape index (κ3) is 4.45. The van der Waals surface area contributed by atoms with Crippen molar-refractivity contribution in [3.05, 3.63) is 66.4 Å². The molecule has 4 rings (SSSR count). The molecule has 0 spiro atoms. The van der Waals surface area contributed by atoms with E-state index in [2.05, 4.69) is 29.2 Å². The molecule has 0 saturated carbocycles. The fourth-order valence-electron chi connectivity index (χ4n) is 3.82. The average molecular weight is 387 g/mol. The Morgan fingerprint density at radius 3 is 2.14 bits per heavy atom. The predicted molar refractivity (Wildman–Crippen MR) is 115 cm³/mol. The highest BCUT2D eigenvalue weighted by molar-refractivity contribution is 5.79. The van der Waals surface area contributed by atoms with Crippen molar-refractivity contribution in [2.75, 3.05) is 18.0 Å². The molecule has 5 heteroatoms. The van der Waals surface area contributed by atoms with Crippen LogP contribution in [-0.2, 0) is 11.2 Å². The van der Waals surface area contributed by atoms with E-state index in [1.54, 1.807) is 0 Å². The number of hydrogen-bond donors (Lipinski definition) is 1. The summed E-state index contributed by atoms with van der Waals surface area (Å²) < 4.78 is 0. The largest absolute Gasteiger partial charge is 0.481 e. The maximum Gasteiger partial charge on any atom is 0.303 e. The van der Waals surface area contributed by atoms with Gasteiger partial charge in [0.2, 0.25) is 0 Å². The molecule has 0 saturated heterocycles. The summed E-state index contributed by atoms with van der Waals surface area (Å²) in [4.78, 5) is 23.2. The summed E-state index contributed by atoms with van der Waals surface area (Å²) in [6, 6.07) is 20.4. The third-order valence-corrected chi connectivity index (χ3v) is 5.25. The lowest BCUT2D eigenvalue weighted by atomic mass is 10.0. The van der Waals surface area contributed by atoms with Crippen LogP contribution in [0.1, 0.15) is 31.4 Å². The Hall–Kier alpha value is -3.21. The van der Waals surface area contributed by atoms with E-state index < -0.39 is 5.97 Å². The average Bonchev–Trinajstić information content (AvgIpc) is 2.77. The molecule has 2 aromatic carbocycles. The Morgan fingerprint density at radius 2 is 1.52 bits per heavy atom. The van der Waals surface area contributed by atoms with Crippen molar-refractivity contribution in [3.8, 4) is 22.5 Å². The van der Waals surface area contributed by atoms with Gasteiger partial charge in [-0.15, -0.1) is 0 Å². The quantitative estimate of drug-likeness (QED) is 0.589. The summed E-state index contributed by atoms with van der Waals surface area (Å²) in [5, 5.41) is 8.87. The van der Waals surface area contributed by atoms with Crippen molar-refractivity contribution in [1.29, 1.82) is 0 Å². The smallest absolute Gasteiger partial charge is 0.303 e. The first kappa shape index (κ1) is 19.1. The molecule has 29 heavy (non-hydrogen) atoms. The van der Waals surface area contributed by atoms with E-state index in [4.69, 9.17) is 15.1 Å². The van der Waals surface area contributed by atoms with Gasteiger partial charge in [0.15, 0.2) is 5.82 Å². The molecule has 148 valence electrons. The topological polar surface area (TPSA) is 66.3 Å². The summed E-state index contributed by atoms with van der Waals surface area (Å²) in [5.74, 6) is 0.216.